The second-order valence-corrected chi connectivity index (χ2v) is 7.27. The maximum Gasteiger partial charge on any atom is 0.163 e. The average Bonchev–Trinajstić information content (AvgIpc) is 2.64. The molecule has 1 unspecified atom stereocenters. The van der Waals surface area contributed by atoms with Crippen LogP contribution in [0, 0.1) is 0 Å². The van der Waals surface area contributed by atoms with E-state index in [0.29, 0.717) is 39.7 Å². The normalized spacial score (nSPS) is 12.1. The second kappa shape index (κ2) is 11.0. The lowest BCUT2D eigenvalue weighted by atomic mass is 10.1. The van der Waals surface area contributed by atoms with Gasteiger partial charge in [0, 0.05) is 39.3 Å². The molecule has 2 rings (SSSR count). The molecule has 0 spiro atoms. The molecule has 148 valence electrons. The molecule has 2 aromatic carbocycles. The maximum absolute atomic E-state index is 9.31. The summed E-state index contributed by atoms with van der Waals surface area (Å²) in [5.41, 5.74) is 1.70. The maximum atomic E-state index is 9.31. The van der Waals surface area contributed by atoms with E-state index in [1.54, 1.807) is 18.2 Å². The Kier molecular flexibility index (Phi) is 9.00. The zero-order chi connectivity index (χ0) is 19.8. The molecule has 0 heterocycles. The third-order valence-corrected chi connectivity index (χ3v) is 5.04. The molecule has 0 aliphatic heterocycles. The highest BCUT2D eigenvalue weighted by Crippen LogP contribution is 2.35. The minimum atomic E-state index is 0.0274. The minimum absolute atomic E-state index is 0.0274. The summed E-state index contributed by atoms with van der Waals surface area (Å²) in [4.78, 5) is 0. The van der Waals surface area contributed by atoms with Crippen molar-refractivity contribution in [2.24, 2.45) is 0 Å². The molecule has 0 aliphatic carbocycles. The lowest BCUT2D eigenvalue weighted by Gasteiger charge is -2.18. The van der Waals surface area contributed by atoms with Crippen molar-refractivity contribution >= 4 is 34.8 Å². The molecule has 0 aliphatic rings. The van der Waals surface area contributed by atoms with E-state index in [1.165, 1.54) is 0 Å². The van der Waals surface area contributed by atoms with Gasteiger partial charge < -0.3 is 19.9 Å². The summed E-state index contributed by atoms with van der Waals surface area (Å²) in [6.07, 6.45) is 0.829. The van der Waals surface area contributed by atoms with Gasteiger partial charge in [-0.3, -0.25) is 0 Å². The number of nitrogens with one attached hydrogen (secondary N) is 1. The fraction of sp³-hybridized carbons (Fsp3) is 0.400. The Hall–Kier alpha value is -1.17. The first-order valence-corrected chi connectivity index (χ1v) is 9.98. The molecule has 0 saturated heterocycles. The van der Waals surface area contributed by atoms with Gasteiger partial charge in [-0.25, -0.2) is 0 Å². The first-order chi connectivity index (χ1) is 13.0. The van der Waals surface area contributed by atoms with Gasteiger partial charge in [-0.1, -0.05) is 47.8 Å². The summed E-state index contributed by atoms with van der Waals surface area (Å²) in [7, 11) is 0. The molecule has 0 saturated carbocycles. The van der Waals surface area contributed by atoms with Gasteiger partial charge in [-0.15, -0.1) is 0 Å². The highest BCUT2D eigenvalue weighted by molar-refractivity contribution is 6.35. The molecule has 0 bridgehead atoms. The first-order valence-electron chi connectivity index (χ1n) is 8.84. The summed E-state index contributed by atoms with van der Waals surface area (Å²) in [5.74, 6) is 1.16. The van der Waals surface area contributed by atoms with Crippen molar-refractivity contribution in [3.63, 3.8) is 0 Å². The number of ether oxygens (including phenoxy) is 2. The SMILES string of the molecule is CCOc1cc(CNC(CC)CO)c(Cl)cc1OCc1ccc(Cl)cc1Cl. The third-order valence-electron chi connectivity index (χ3n) is 4.11. The van der Waals surface area contributed by atoms with Crippen molar-refractivity contribution in [1.29, 1.82) is 0 Å². The minimum Gasteiger partial charge on any atom is -0.490 e. The largest absolute Gasteiger partial charge is 0.490 e. The van der Waals surface area contributed by atoms with Crippen molar-refractivity contribution in [1.82, 2.24) is 5.32 Å². The highest BCUT2D eigenvalue weighted by Gasteiger charge is 2.13. The quantitative estimate of drug-likeness (QED) is 0.521. The summed E-state index contributed by atoms with van der Waals surface area (Å²) >= 11 is 18.6. The van der Waals surface area contributed by atoms with E-state index in [-0.39, 0.29) is 19.3 Å². The Labute approximate surface area is 175 Å². The lowest BCUT2D eigenvalue weighted by molar-refractivity contribution is 0.238. The van der Waals surface area contributed by atoms with Gasteiger partial charge in [0.15, 0.2) is 11.5 Å². The van der Waals surface area contributed by atoms with Crippen LogP contribution in [0.3, 0.4) is 0 Å². The number of aliphatic hydroxyl groups excluding tert-OH is 1. The average molecular weight is 433 g/mol. The number of rotatable bonds is 10. The molecule has 27 heavy (non-hydrogen) atoms. The van der Waals surface area contributed by atoms with E-state index in [0.717, 1.165) is 17.5 Å². The van der Waals surface area contributed by atoms with Gasteiger partial charge in [0.1, 0.15) is 6.61 Å². The zero-order valence-corrected chi connectivity index (χ0v) is 17.7. The molecule has 0 fully saturated rings. The van der Waals surface area contributed by atoms with Gasteiger partial charge in [-0.05, 0) is 37.1 Å². The Bertz CT molecular complexity index is 751. The number of aliphatic hydroxyl groups is 1. The van der Waals surface area contributed by atoms with Gasteiger partial charge in [0.05, 0.1) is 13.2 Å². The van der Waals surface area contributed by atoms with E-state index in [4.69, 9.17) is 44.3 Å². The van der Waals surface area contributed by atoms with Crippen LogP contribution in [0.1, 0.15) is 31.4 Å². The van der Waals surface area contributed by atoms with Crippen LogP contribution in [-0.2, 0) is 13.2 Å². The van der Waals surface area contributed by atoms with Crippen molar-refractivity contribution in [2.75, 3.05) is 13.2 Å². The van der Waals surface area contributed by atoms with Crippen LogP contribution >= 0.6 is 34.8 Å². The van der Waals surface area contributed by atoms with Gasteiger partial charge >= 0.3 is 0 Å². The summed E-state index contributed by atoms with van der Waals surface area (Å²) < 4.78 is 11.6. The molecule has 2 N–H and O–H groups in total. The van der Waals surface area contributed by atoms with Gasteiger partial charge in [0.2, 0.25) is 0 Å². The molecule has 4 nitrogen and oxygen atoms in total. The van der Waals surface area contributed by atoms with E-state index >= 15 is 0 Å². The Morgan fingerprint density at radius 2 is 1.67 bits per heavy atom. The molecule has 2 aromatic rings. The van der Waals surface area contributed by atoms with Crippen LogP contribution in [0.4, 0.5) is 0 Å². The van der Waals surface area contributed by atoms with Crippen LogP contribution in [0.15, 0.2) is 30.3 Å². The van der Waals surface area contributed by atoms with Crippen molar-refractivity contribution in [2.45, 2.75) is 39.5 Å². The smallest absolute Gasteiger partial charge is 0.163 e. The van der Waals surface area contributed by atoms with Crippen LogP contribution in [0.2, 0.25) is 15.1 Å². The Morgan fingerprint density at radius 1 is 0.963 bits per heavy atom. The third kappa shape index (κ3) is 6.44. The standard InChI is InChI=1S/C20H24Cl3NO3/c1-3-16(11-25)24-10-14-7-19(26-4-2)20(9-18(14)23)27-12-13-5-6-15(21)8-17(13)22/h5-9,16,24-25H,3-4,10-12H2,1-2H3. The molecular formula is C20H24Cl3NO3. The highest BCUT2D eigenvalue weighted by atomic mass is 35.5. The second-order valence-electron chi connectivity index (χ2n) is 6.02. The summed E-state index contributed by atoms with van der Waals surface area (Å²) in [6.45, 7) is 5.30. The van der Waals surface area contributed by atoms with Crippen LogP contribution < -0.4 is 14.8 Å². The van der Waals surface area contributed by atoms with E-state index in [1.807, 2.05) is 26.0 Å². The number of hydrogen-bond donors (Lipinski definition) is 2. The monoisotopic (exact) mass is 431 g/mol. The van der Waals surface area contributed by atoms with Crippen LogP contribution in [-0.4, -0.2) is 24.4 Å². The lowest BCUT2D eigenvalue weighted by Crippen LogP contribution is -2.31. The van der Waals surface area contributed by atoms with Gasteiger partial charge in [-0.2, -0.15) is 0 Å². The Morgan fingerprint density at radius 3 is 2.30 bits per heavy atom. The fourth-order valence-corrected chi connectivity index (χ4v) is 3.16. The number of benzene rings is 2. The molecule has 0 aromatic heterocycles. The van der Waals surface area contributed by atoms with E-state index in [2.05, 4.69) is 5.32 Å². The first kappa shape index (κ1) is 22.1. The summed E-state index contributed by atoms with van der Waals surface area (Å²) in [5, 5.41) is 14.3. The number of halogens is 3. The van der Waals surface area contributed by atoms with E-state index < -0.39 is 0 Å². The molecule has 1 atom stereocenters. The molecular weight excluding hydrogens is 409 g/mol. The van der Waals surface area contributed by atoms with Crippen molar-refractivity contribution < 1.29 is 14.6 Å². The molecule has 7 heteroatoms. The summed E-state index contributed by atoms with van der Waals surface area (Å²) in [6, 6.07) is 8.90. The van der Waals surface area contributed by atoms with Crippen molar-refractivity contribution in [3.8, 4) is 11.5 Å². The van der Waals surface area contributed by atoms with Crippen molar-refractivity contribution in [3.05, 3.63) is 56.5 Å². The van der Waals surface area contributed by atoms with Crippen LogP contribution in [0.5, 0.6) is 11.5 Å². The predicted molar refractivity (Wildman–Crippen MR) is 111 cm³/mol. The molecule has 0 amide bonds. The molecule has 0 radical (unpaired) electrons. The van der Waals surface area contributed by atoms with Gasteiger partial charge in [0.25, 0.3) is 0 Å². The Balaban J connectivity index is 2.16. The fourth-order valence-electron chi connectivity index (χ4n) is 2.48. The number of hydrogen-bond acceptors (Lipinski definition) is 4. The van der Waals surface area contributed by atoms with Crippen LogP contribution in [0.25, 0.3) is 0 Å². The topological polar surface area (TPSA) is 50.7 Å². The predicted octanol–water partition coefficient (Wildman–Crippen LogP) is 5.49. The van der Waals surface area contributed by atoms with E-state index in [9.17, 15) is 5.11 Å². The zero-order valence-electron chi connectivity index (χ0n) is 15.4.